The molecule has 0 radical (unpaired) electrons. The summed E-state index contributed by atoms with van der Waals surface area (Å²) in [6.45, 7) is 4.21. The molecule has 2 nitrogen and oxygen atoms in total. The number of thioether (sulfide) groups is 1. The van der Waals surface area contributed by atoms with Crippen LogP contribution in [0.5, 0.6) is 5.75 Å². The summed E-state index contributed by atoms with van der Waals surface area (Å²) in [6.07, 6.45) is 0. The molecule has 0 saturated heterocycles. The van der Waals surface area contributed by atoms with Crippen LogP contribution in [0.25, 0.3) is 0 Å². The van der Waals surface area contributed by atoms with E-state index < -0.39 is 0 Å². The van der Waals surface area contributed by atoms with E-state index in [1.807, 2.05) is 31.2 Å². The smallest absolute Gasteiger partial charge is 0.186 e. The Balaban J connectivity index is 2.58. The molecular formula is C11H14O2S. The first-order valence-electron chi connectivity index (χ1n) is 4.57. The van der Waals surface area contributed by atoms with Crippen LogP contribution in [0.4, 0.5) is 0 Å². The van der Waals surface area contributed by atoms with Crippen LogP contribution in [0.2, 0.25) is 0 Å². The molecular weight excluding hydrogens is 196 g/mol. The van der Waals surface area contributed by atoms with Crippen molar-refractivity contribution >= 4 is 16.9 Å². The Morgan fingerprint density at radius 1 is 1.50 bits per heavy atom. The summed E-state index contributed by atoms with van der Waals surface area (Å²) < 4.78 is 5.36. The minimum Gasteiger partial charge on any atom is -0.494 e. The van der Waals surface area contributed by atoms with Crippen molar-refractivity contribution in [2.45, 2.75) is 19.6 Å². The molecule has 0 saturated carbocycles. The third-order valence-electron chi connectivity index (χ3n) is 1.65. The van der Waals surface area contributed by atoms with Gasteiger partial charge in [0.05, 0.1) is 6.61 Å². The number of hydrogen-bond acceptors (Lipinski definition) is 3. The molecule has 0 amide bonds. The minimum absolute atomic E-state index is 0.145. The van der Waals surface area contributed by atoms with Gasteiger partial charge in [-0.05, 0) is 24.6 Å². The second-order valence-corrected chi connectivity index (χ2v) is 4.01. The summed E-state index contributed by atoms with van der Waals surface area (Å²) >= 11 is 1.32. The van der Waals surface area contributed by atoms with E-state index in [4.69, 9.17) is 4.74 Å². The summed E-state index contributed by atoms with van der Waals surface area (Å²) in [5.74, 6) is 1.59. The number of carbonyl (C=O) groups excluding carboxylic acids is 1. The fourth-order valence-corrected chi connectivity index (χ4v) is 1.63. The second kappa shape index (κ2) is 5.70. The molecule has 1 aromatic rings. The average molecular weight is 210 g/mol. The molecule has 76 valence electrons. The maximum atomic E-state index is 10.8. The molecule has 0 spiro atoms. The van der Waals surface area contributed by atoms with E-state index in [1.54, 1.807) is 6.92 Å². The number of carbonyl (C=O) groups is 1. The number of hydrogen-bond donors (Lipinski definition) is 0. The average Bonchev–Trinajstić information content (AvgIpc) is 2.16. The molecule has 1 rings (SSSR count). The second-order valence-electron chi connectivity index (χ2n) is 2.86. The van der Waals surface area contributed by atoms with Crippen molar-refractivity contribution in [1.29, 1.82) is 0 Å². The quantitative estimate of drug-likeness (QED) is 0.764. The van der Waals surface area contributed by atoms with Crippen LogP contribution in [0, 0.1) is 0 Å². The lowest BCUT2D eigenvalue weighted by Gasteiger charge is -2.04. The van der Waals surface area contributed by atoms with Gasteiger partial charge in [0.1, 0.15) is 5.75 Å². The van der Waals surface area contributed by atoms with E-state index >= 15 is 0 Å². The van der Waals surface area contributed by atoms with E-state index in [2.05, 4.69) is 0 Å². The van der Waals surface area contributed by atoms with Gasteiger partial charge in [-0.15, -0.1) is 0 Å². The summed E-state index contributed by atoms with van der Waals surface area (Å²) in [5, 5.41) is 0.145. The number of ether oxygens (including phenoxy) is 1. The lowest BCUT2D eigenvalue weighted by atomic mass is 10.2. The Labute approximate surface area is 88.7 Å². The van der Waals surface area contributed by atoms with Gasteiger partial charge < -0.3 is 4.74 Å². The van der Waals surface area contributed by atoms with Crippen molar-refractivity contribution in [2.75, 3.05) is 6.61 Å². The highest BCUT2D eigenvalue weighted by Gasteiger charge is 1.98. The van der Waals surface area contributed by atoms with E-state index in [-0.39, 0.29) is 5.12 Å². The first-order valence-corrected chi connectivity index (χ1v) is 5.56. The van der Waals surface area contributed by atoms with Crippen LogP contribution in [0.3, 0.4) is 0 Å². The zero-order valence-electron chi connectivity index (χ0n) is 8.45. The van der Waals surface area contributed by atoms with Crippen molar-refractivity contribution in [3.05, 3.63) is 29.8 Å². The van der Waals surface area contributed by atoms with Gasteiger partial charge >= 0.3 is 0 Å². The number of benzene rings is 1. The lowest BCUT2D eigenvalue weighted by Crippen LogP contribution is -1.92. The molecule has 14 heavy (non-hydrogen) atoms. The van der Waals surface area contributed by atoms with Crippen LogP contribution in [0.15, 0.2) is 24.3 Å². The fourth-order valence-electron chi connectivity index (χ4n) is 1.08. The van der Waals surface area contributed by atoms with Gasteiger partial charge in [0.15, 0.2) is 5.12 Å². The normalized spacial score (nSPS) is 9.86. The van der Waals surface area contributed by atoms with Gasteiger partial charge in [-0.3, -0.25) is 4.79 Å². The topological polar surface area (TPSA) is 26.3 Å². The molecule has 0 bridgehead atoms. The van der Waals surface area contributed by atoms with E-state index in [0.29, 0.717) is 6.61 Å². The molecule has 1 aromatic carbocycles. The Bertz CT molecular complexity index is 310. The van der Waals surface area contributed by atoms with Crippen molar-refractivity contribution in [1.82, 2.24) is 0 Å². The zero-order valence-corrected chi connectivity index (χ0v) is 9.26. The highest BCUT2D eigenvalue weighted by molar-refractivity contribution is 8.12. The van der Waals surface area contributed by atoms with Crippen molar-refractivity contribution < 1.29 is 9.53 Å². The molecule has 0 fully saturated rings. The third kappa shape index (κ3) is 3.83. The van der Waals surface area contributed by atoms with Crippen LogP contribution in [-0.2, 0) is 10.5 Å². The standard InChI is InChI=1S/C11H14O2S/c1-3-13-11-6-4-5-10(7-11)8-14-9(2)12/h4-7H,3,8H2,1-2H3. The molecule has 0 atom stereocenters. The van der Waals surface area contributed by atoms with Crippen LogP contribution < -0.4 is 4.74 Å². The lowest BCUT2D eigenvalue weighted by molar-refractivity contribution is -0.109. The highest BCUT2D eigenvalue weighted by atomic mass is 32.2. The van der Waals surface area contributed by atoms with Gasteiger partial charge in [0.25, 0.3) is 0 Å². The molecule has 0 heterocycles. The van der Waals surface area contributed by atoms with Crippen LogP contribution >= 0.6 is 11.8 Å². The molecule has 0 aliphatic carbocycles. The van der Waals surface area contributed by atoms with E-state index in [0.717, 1.165) is 17.1 Å². The van der Waals surface area contributed by atoms with Gasteiger partial charge in [0, 0.05) is 12.7 Å². The summed E-state index contributed by atoms with van der Waals surface area (Å²) in [6, 6.07) is 7.84. The van der Waals surface area contributed by atoms with Crippen molar-refractivity contribution in [3.63, 3.8) is 0 Å². The molecule has 0 aliphatic rings. The monoisotopic (exact) mass is 210 g/mol. The molecule has 0 unspecified atom stereocenters. The highest BCUT2D eigenvalue weighted by Crippen LogP contribution is 2.18. The van der Waals surface area contributed by atoms with Crippen molar-refractivity contribution in [3.8, 4) is 5.75 Å². The number of rotatable bonds is 4. The molecule has 0 aliphatic heterocycles. The first kappa shape index (κ1) is 11.1. The Kier molecular flexibility index (Phi) is 4.53. The predicted molar refractivity (Wildman–Crippen MR) is 59.6 cm³/mol. The molecule has 0 aromatic heterocycles. The summed E-state index contributed by atoms with van der Waals surface area (Å²) in [7, 11) is 0. The SMILES string of the molecule is CCOc1cccc(CSC(C)=O)c1. The maximum absolute atomic E-state index is 10.8. The van der Waals surface area contributed by atoms with E-state index in [1.165, 1.54) is 11.8 Å². The Hall–Kier alpha value is -0.960. The van der Waals surface area contributed by atoms with Crippen LogP contribution in [0.1, 0.15) is 19.4 Å². The zero-order chi connectivity index (χ0) is 10.4. The van der Waals surface area contributed by atoms with E-state index in [9.17, 15) is 4.79 Å². The third-order valence-corrected chi connectivity index (χ3v) is 2.54. The van der Waals surface area contributed by atoms with Crippen molar-refractivity contribution in [2.24, 2.45) is 0 Å². The predicted octanol–water partition coefficient (Wildman–Crippen LogP) is 2.87. The van der Waals surface area contributed by atoms with Gasteiger partial charge in [0.2, 0.25) is 0 Å². The first-order chi connectivity index (χ1) is 6.72. The molecule has 0 N–H and O–H groups in total. The Morgan fingerprint density at radius 2 is 2.29 bits per heavy atom. The van der Waals surface area contributed by atoms with Gasteiger partial charge in [-0.25, -0.2) is 0 Å². The largest absolute Gasteiger partial charge is 0.494 e. The van der Waals surface area contributed by atoms with Crippen LogP contribution in [-0.4, -0.2) is 11.7 Å². The molecule has 3 heteroatoms. The van der Waals surface area contributed by atoms with Gasteiger partial charge in [-0.1, -0.05) is 23.9 Å². The Morgan fingerprint density at radius 3 is 2.93 bits per heavy atom. The summed E-state index contributed by atoms with van der Waals surface area (Å²) in [5.41, 5.74) is 1.12. The minimum atomic E-state index is 0.145. The maximum Gasteiger partial charge on any atom is 0.186 e. The fraction of sp³-hybridized carbons (Fsp3) is 0.364. The summed E-state index contributed by atoms with van der Waals surface area (Å²) in [4.78, 5) is 10.8. The van der Waals surface area contributed by atoms with Gasteiger partial charge in [-0.2, -0.15) is 0 Å².